The van der Waals surface area contributed by atoms with E-state index in [9.17, 15) is 5.26 Å². The first-order valence-corrected chi connectivity index (χ1v) is 11.7. The summed E-state index contributed by atoms with van der Waals surface area (Å²) in [5.41, 5.74) is 3.05. The minimum atomic E-state index is -1.82. The predicted octanol–water partition coefficient (Wildman–Crippen LogP) is 5.62. The maximum atomic E-state index is 9.53. The third-order valence-electron chi connectivity index (χ3n) is 5.28. The monoisotopic (exact) mass is 342 g/mol. The molecule has 0 bridgehead atoms. The number of hydrogen-bond acceptors (Lipinski definition) is 2. The summed E-state index contributed by atoms with van der Waals surface area (Å²) in [6, 6.07) is 10.7. The molecule has 0 aliphatic heterocycles. The zero-order valence-electron chi connectivity index (χ0n) is 16.1. The van der Waals surface area contributed by atoms with Gasteiger partial charge in [0.25, 0.3) is 0 Å². The first-order chi connectivity index (χ1) is 11.1. The van der Waals surface area contributed by atoms with Crippen molar-refractivity contribution >= 4 is 19.2 Å². The molecule has 0 aliphatic rings. The second-order valence-electron chi connectivity index (χ2n) is 8.22. The normalized spacial score (nSPS) is 13.9. The van der Waals surface area contributed by atoms with Crippen LogP contribution in [-0.4, -0.2) is 19.0 Å². The van der Waals surface area contributed by atoms with Gasteiger partial charge < -0.3 is 8.99 Å². The second-order valence-corrected chi connectivity index (χ2v) is 13.0. The number of nitrogens with zero attached hydrogens (tertiary/aromatic N) is 2. The summed E-state index contributed by atoms with van der Waals surface area (Å²) >= 11 is 0. The molecule has 0 fully saturated rings. The Kier molecular flexibility index (Phi) is 5.27. The molecule has 0 unspecified atom stereocenters. The number of nitriles is 1. The molecule has 130 valence electrons. The third kappa shape index (κ3) is 3.74. The summed E-state index contributed by atoms with van der Waals surface area (Å²) in [6.07, 6.45) is 1.08. The molecule has 2 rings (SSSR count). The molecule has 0 amide bonds. The van der Waals surface area contributed by atoms with E-state index in [1.54, 1.807) is 0 Å². The molecule has 2 aromatic rings. The average molecular weight is 343 g/mol. The van der Waals surface area contributed by atoms with Crippen LogP contribution >= 0.6 is 0 Å². The van der Waals surface area contributed by atoms with Gasteiger partial charge in [0.15, 0.2) is 8.32 Å². The largest absolute Gasteiger partial charge is 0.412 e. The molecule has 1 heterocycles. The highest BCUT2D eigenvalue weighted by Gasteiger charge is 2.39. The Labute approximate surface area is 147 Å². The van der Waals surface area contributed by atoms with Gasteiger partial charge in [-0.2, -0.15) is 5.26 Å². The molecule has 0 saturated heterocycles. The van der Waals surface area contributed by atoms with E-state index in [0.29, 0.717) is 5.69 Å². The fourth-order valence-corrected chi connectivity index (χ4v) is 4.15. The summed E-state index contributed by atoms with van der Waals surface area (Å²) in [6.45, 7) is 16.4. The van der Waals surface area contributed by atoms with E-state index in [1.807, 2.05) is 6.07 Å². The van der Waals surface area contributed by atoms with Crippen LogP contribution in [-0.2, 0) is 11.0 Å². The topological polar surface area (TPSA) is 38.0 Å². The van der Waals surface area contributed by atoms with Gasteiger partial charge in [0.2, 0.25) is 0 Å². The Morgan fingerprint density at radius 1 is 1.25 bits per heavy atom. The summed E-state index contributed by atoms with van der Waals surface area (Å²) in [7, 11) is -1.82. The number of rotatable bonds is 5. The molecular weight excluding hydrogens is 312 g/mol. The first-order valence-electron chi connectivity index (χ1n) is 8.77. The lowest BCUT2D eigenvalue weighted by Gasteiger charge is -2.39. The first kappa shape index (κ1) is 18.8. The standard InChI is InChI=1S/C20H30N2OSi/c1-8-18(23-24(6,7)20(3,4)5)14-22-17(13-21)12-16-11-15(2)9-10-19(16)22/h9-12,18H,8,14H2,1-7H3/t18-/m1/s1. The molecular formula is C20H30N2OSi. The molecule has 1 atom stereocenters. The Morgan fingerprint density at radius 3 is 2.46 bits per heavy atom. The molecule has 0 aliphatic carbocycles. The van der Waals surface area contributed by atoms with Crippen molar-refractivity contribution in [3.05, 3.63) is 35.5 Å². The van der Waals surface area contributed by atoms with Crippen molar-refractivity contribution in [2.75, 3.05) is 0 Å². The maximum Gasteiger partial charge on any atom is 0.192 e. The SMILES string of the molecule is CC[C@H](Cn1c(C#N)cc2cc(C)ccc21)O[Si](C)(C)C(C)(C)C. The van der Waals surface area contributed by atoms with Gasteiger partial charge in [-0.15, -0.1) is 0 Å². The van der Waals surface area contributed by atoms with Gasteiger partial charge in [-0.25, -0.2) is 0 Å². The maximum absolute atomic E-state index is 9.53. The fourth-order valence-electron chi connectivity index (χ4n) is 2.73. The van der Waals surface area contributed by atoms with Gasteiger partial charge in [-0.05, 0) is 49.7 Å². The van der Waals surface area contributed by atoms with Crippen LogP contribution in [0.3, 0.4) is 0 Å². The zero-order chi connectivity index (χ0) is 18.1. The van der Waals surface area contributed by atoms with Gasteiger partial charge in [-0.1, -0.05) is 39.3 Å². The van der Waals surface area contributed by atoms with Crippen LogP contribution < -0.4 is 0 Å². The highest BCUT2D eigenvalue weighted by atomic mass is 28.4. The molecule has 24 heavy (non-hydrogen) atoms. The van der Waals surface area contributed by atoms with E-state index in [1.165, 1.54) is 5.56 Å². The van der Waals surface area contributed by atoms with Crippen LogP contribution in [0.2, 0.25) is 18.1 Å². The van der Waals surface area contributed by atoms with Crippen molar-refractivity contribution in [3.8, 4) is 6.07 Å². The van der Waals surface area contributed by atoms with Crippen LogP contribution in [0.25, 0.3) is 10.9 Å². The Balaban J connectivity index is 2.35. The molecule has 0 N–H and O–H groups in total. The van der Waals surface area contributed by atoms with Crippen LogP contribution in [0.5, 0.6) is 0 Å². The lowest BCUT2D eigenvalue weighted by molar-refractivity contribution is 0.158. The van der Waals surface area contributed by atoms with Gasteiger partial charge in [-0.3, -0.25) is 0 Å². The lowest BCUT2D eigenvalue weighted by Crippen LogP contribution is -2.44. The van der Waals surface area contributed by atoms with Crippen molar-refractivity contribution < 1.29 is 4.43 Å². The number of aryl methyl sites for hydroxylation is 1. The number of benzene rings is 1. The quantitative estimate of drug-likeness (QED) is 0.661. The highest BCUT2D eigenvalue weighted by molar-refractivity contribution is 6.74. The van der Waals surface area contributed by atoms with Gasteiger partial charge >= 0.3 is 0 Å². The van der Waals surface area contributed by atoms with Crippen molar-refractivity contribution in [2.24, 2.45) is 0 Å². The van der Waals surface area contributed by atoms with E-state index in [4.69, 9.17) is 4.43 Å². The van der Waals surface area contributed by atoms with E-state index in [-0.39, 0.29) is 11.1 Å². The van der Waals surface area contributed by atoms with Crippen molar-refractivity contribution in [3.63, 3.8) is 0 Å². The summed E-state index contributed by atoms with van der Waals surface area (Å²) < 4.78 is 8.73. The zero-order valence-corrected chi connectivity index (χ0v) is 17.1. The molecule has 3 nitrogen and oxygen atoms in total. The van der Waals surface area contributed by atoms with E-state index in [2.05, 4.69) is 76.5 Å². The van der Waals surface area contributed by atoms with Gasteiger partial charge in [0.05, 0.1) is 6.10 Å². The average Bonchev–Trinajstić information content (AvgIpc) is 2.82. The van der Waals surface area contributed by atoms with Crippen LogP contribution in [0, 0.1) is 18.3 Å². The summed E-state index contributed by atoms with van der Waals surface area (Å²) in [5.74, 6) is 0. The minimum absolute atomic E-state index is 0.134. The smallest absolute Gasteiger partial charge is 0.192 e. The van der Waals surface area contributed by atoms with Crippen LogP contribution in [0.1, 0.15) is 45.4 Å². The number of hydrogen-bond donors (Lipinski definition) is 0. The van der Waals surface area contributed by atoms with Crippen molar-refractivity contribution in [2.45, 2.75) is 71.8 Å². The van der Waals surface area contributed by atoms with Crippen LogP contribution in [0.15, 0.2) is 24.3 Å². The molecule has 4 heteroatoms. The summed E-state index contributed by atoms with van der Waals surface area (Å²) in [4.78, 5) is 0. The van der Waals surface area contributed by atoms with Gasteiger partial charge in [0, 0.05) is 17.4 Å². The predicted molar refractivity (Wildman–Crippen MR) is 104 cm³/mol. The summed E-state index contributed by atoms with van der Waals surface area (Å²) in [5, 5.41) is 10.9. The molecule has 1 aromatic heterocycles. The number of aromatic nitrogens is 1. The Hall–Kier alpha value is -1.57. The lowest BCUT2D eigenvalue weighted by atomic mass is 10.2. The fraction of sp³-hybridized carbons (Fsp3) is 0.550. The van der Waals surface area contributed by atoms with E-state index >= 15 is 0 Å². The van der Waals surface area contributed by atoms with Crippen LogP contribution in [0.4, 0.5) is 0 Å². The molecule has 0 spiro atoms. The molecule has 1 aromatic carbocycles. The van der Waals surface area contributed by atoms with Gasteiger partial charge in [0.1, 0.15) is 11.8 Å². The highest BCUT2D eigenvalue weighted by Crippen LogP contribution is 2.38. The second kappa shape index (κ2) is 6.74. The van der Waals surface area contributed by atoms with E-state index in [0.717, 1.165) is 23.9 Å². The Bertz CT molecular complexity index is 762. The molecule has 0 saturated carbocycles. The Morgan fingerprint density at radius 2 is 1.92 bits per heavy atom. The third-order valence-corrected chi connectivity index (χ3v) is 9.82. The van der Waals surface area contributed by atoms with E-state index < -0.39 is 8.32 Å². The molecule has 0 radical (unpaired) electrons. The number of fused-ring (bicyclic) bond motifs is 1. The van der Waals surface area contributed by atoms with Crippen molar-refractivity contribution in [1.82, 2.24) is 4.57 Å². The minimum Gasteiger partial charge on any atom is -0.412 e. The van der Waals surface area contributed by atoms with Crippen molar-refractivity contribution in [1.29, 1.82) is 5.26 Å².